The maximum absolute atomic E-state index is 13.4. The number of benzene rings is 3. The summed E-state index contributed by atoms with van der Waals surface area (Å²) < 4.78 is 0. The minimum Gasteiger partial charge on any atom is -0.380 e. The van der Waals surface area contributed by atoms with E-state index < -0.39 is 0 Å². The Balaban J connectivity index is 1.64. The zero-order valence-electron chi connectivity index (χ0n) is 18.2. The fraction of sp³-hybridized carbons (Fsp3) is 0.259. The number of hydrogen-bond donors (Lipinski definition) is 1. The van der Waals surface area contributed by atoms with Crippen molar-refractivity contribution < 1.29 is 9.59 Å². The topological polar surface area (TPSA) is 49.4 Å². The van der Waals surface area contributed by atoms with Gasteiger partial charge in [-0.05, 0) is 29.2 Å². The summed E-state index contributed by atoms with van der Waals surface area (Å²) in [6.07, 6.45) is 2.75. The van der Waals surface area contributed by atoms with Gasteiger partial charge in [-0.15, -0.1) is 0 Å². The molecule has 0 amide bonds. The van der Waals surface area contributed by atoms with E-state index in [4.69, 9.17) is 0 Å². The molecule has 1 aliphatic carbocycles. The molecule has 0 spiro atoms. The lowest BCUT2D eigenvalue weighted by Gasteiger charge is -2.29. The van der Waals surface area contributed by atoms with Gasteiger partial charge in [0, 0.05) is 31.3 Å². The van der Waals surface area contributed by atoms with Gasteiger partial charge in [0.15, 0.2) is 0 Å². The average molecular weight is 413 g/mol. The Morgan fingerprint density at radius 3 is 2.29 bits per heavy atom. The zero-order valence-corrected chi connectivity index (χ0v) is 18.2. The molecule has 0 saturated heterocycles. The van der Waals surface area contributed by atoms with E-state index in [1.165, 1.54) is 16.3 Å². The minimum atomic E-state index is -0.0988. The summed E-state index contributed by atoms with van der Waals surface area (Å²) in [6, 6.07) is 21.8. The summed E-state index contributed by atoms with van der Waals surface area (Å²) in [4.78, 5) is 28.5. The predicted octanol–water partition coefficient (Wildman–Crippen LogP) is 4.99. The van der Waals surface area contributed by atoms with Crippen molar-refractivity contribution in [3.63, 3.8) is 0 Å². The number of unbranched alkanes of at least 4 members (excludes halogenated alkanes) is 1. The summed E-state index contributed by atoms with van der Waals surface area (Å²) >= 11 is 0. The molecular formula is C27H28N2O2. The molecule has 1 N–H and O–H groups in total. The molecule has 0 heterocycles. The van der Waals surface area contributed by atoms with E-state index in [0.29, 0.717) is 35.6 Å². The number of allylic oxidation sites excluding steroid dienone is 2. The van der Waals surface area contributed by atoms with Gasteiger partial charge in [-0.3, -0.25) is 9.59 Å². The van der Waals surface area contributed by atoms with Gasteiger partial charge in [0.25, 0.3) is 0 Å². The highest BCUT2D eigenvalue weighted by atomic mass is 16.1. The summed E-state index contributed by atoms with van der Waals surface area (Å²) in [5.41, 5.74) is 3.11. The van der Waals surface area contributed by atoms with Gasteiger partial charge in [0.2, 0.25) is 11.6 Å². The van der Waals surface area contributed by atoms with Crippen molar-refractivity contribution in [3.05, 3.63) is 94.8 Å². The molecule has 0 aliphatic heterocycles. The molecule has 4 rings (SSSR count). The first kappa shape index (κ1) is 20.9. The maximum Gasteiger partial charge on any atom is 0.212 e. The van der Waals surface area contributed by atoms with Crippen molar-refractivity contribution >= 4 is 22.3 Å². The van der Waals surface area contributed by atoms with Crippen LogP contribution in [0, 0.1) is 0 Å². The Morgan fingerprint density at radius 1 is 0.839 bits per heavy atom. The van der Waals surface area contributed by atoms with E-state index in [2.05, 4.69) is 42.6 Å². The van der Waals surface area contributed by atoms with Crippen LogP contribution in [0.5, 0.6) is 0 Å². The van der Waals surface area contributed by atoms with Crippen molar-refractivity contribution in [1.29, 1.82) is 0 Å². The van der Waals surface area contributed by atoms with Gasteiger partial charge < -0.3 is 10.2 Å². The second-order valence-corrected chi connectivity index (χ2v) is 8.02. The summed E-state index contributed by atoms with van der Waals surface area (Å²) in [5, 5.41) is 5.71. The first-order valence-corrected chi connectivity index (χ1v) is 11.0. The Kier molecular flexibility index (Phi) is 6.17. The van der Waals surface area contributed by atoms with Crippen LogP contribution >= 0.6 is 0 Å². The molecule has 0 unspecified atom stereocenters. The van der Waals surface area contributed by atoms with Crippen LogP contribution in [0.15, 0.2) is 78.1 Å². The number of ketones is 2. The Hall–Kier alpha value is -3.40. The molecule has 0 fully saturated rings. The van der Waals surface area contributed by atoms with Crippen molar-refractivity contribution in [2.45, 2.75) is 26.2 Å². The fourth-order valence-corrected chi connectivity index (χ4v) is 4.19. The molecule has 4 nitrogen and oxygen atoms in total. The predicted molar refractivity (Wildman–Crippen MR) is 125 cm³/mol. The largest absolute Gasteiger partial charge is 0.380 e. The van der Waals surface area contributed by atoms with Crippen LogP contribution in [0.3, 0.4) is 0 Å². The number of carbonyl (C=O) groups excluding carboxylic acids is 2. The lowest BCUT2D eigenvalue weighted by molar-refractivity contribution is 0.0941. The molecule has 0 atom stereocenters. The van der Waals surface area contributed by atoms with E-state index in [0.717, 1.165) is 19.3 Å². The van der Waals surface area contributed by atoms with E-state index in [9.17, 15) is 9.59 Å². The van der Waals surface area contributed by atoms with Crippen molar-refractivity contribution in [2.75, 3.05) is 20.1 Å². The third-order valence-electron chi connectivity index (χ3n) is 5.91. The van der Waals surface area contributed by atoms with E-state index in [1.807, 2.05) is 36.2 Å². The second-order valence-electron chi connectivity index (χ2n) is 8.02. The van der Waals surface area contributed by atoms with Crippen LogP contribution in [0.4, 0.5) is 0 Å². The molecule has 0 aromatic heterocycles. The summed E-state index contributed by atoms with van der Waals surface area (Å²) in [6.45, 7) is 3.42. The molecule has 0 radical (unpaired) electrons. The number of hydrogen-bond acceptors (Lipinski definition) is 4. The van der Waals surface area contributed by atoms with Crippen LogP contribution in [0.25, 0.3) is 10.8 Å². The first-order valence-electron chi connectivity index (χ1n) is 11.0. The monoisotopic (exact) mass is 412 g/mol. The lowest BCUT2D eigenvalue weighted by Crippen LogP contribution is -2.38. The van der Waals surface area contributed by atoms with Crippen molar-refractivity contribution in [2.24, 2.45) is 0 Å². The Morgan fingerprint density at radius 2 is 1.52 bits per heavy atom. The van der Waals surface area contributed by atoms with Gasteiger partial charge in [0.1, 0.15) is 11.4 Å². The molecule has 3 aromatic carbocycles. The highest BCUT2D eigenvalue weighted by Crippen LogP contribution is 2.27. The van der Waals surface area contributed by atoms with Crippen molar-refractivity contribution in [1.82, 2.24) is 10.2 Å². The molecule has 31 heavy (non-hydrogen) atoms. The Bertz CT molecular complexity index is 1160. The molecule has 0 bridgehead atoms. The van der Waals surface area contributed by atoms with Crippen molar-refractivity contribution in [3.8, 4) is 0 Å². The standard InChI is InChI=1S/C27H28N2O2/c1-3-4-17-28-24-25(27(31)23-15-8-7-14-22(23)26(24)30)29(2)18-16-20-12-9-11-19-10-5-6-13-21(19)20/h5-15,28H,3-4,16-18H2,1-2H3. The van der Waals surface area contributed by atoms with Crippen LogP contribution in [-0.4, -0.2) is 36.6 Å². The normalized spacial score (nSPS) is 13.5. The third-order valence-corrected chi connectivity index (χ3v) is 5.91. The van der Waals surface area contributed by atoms with E-state index in [1.54, 1.807) is 12.1 Å². The Labute approximate surface area is 183 Å². The van der Waals surface area contributed by atoms with Gasteiger partial charge >= 0.3 is 0 Å². The highest BCUT2D eigenvalue weighted by molar-refractivity contribution is 6.26. The third kappa shape index (κ3) is 4.11. The molecule has 0 saturated carbocycles. The van der Waals surface area contributed by atoms with E-state index >= 15 is 0 Å². The summed E-state index contributed by atoms with van der Waals surface area (Å²) in [5.74, 6) is -0.187. The van der Waals surface area contributed by atoms with Gasteiger partial charge in [-0.25, -0.2) is 0 Å². The maximum atomic E-state index is 13.4. The average Bonchev–Trinajstić information content (AvgIpc) is 2.81. The van der Waals surface area contributed by atoms with E-state index in [-0.39, 0.29) is 11.6 Å². The van der Waals surface area contributed by atoms with Gasteiger partial charge in [0.05, 0.1) is 0 Å². The van der Waals surface area contributed by atoms with Crippen LogP contribution < -0.4 is 5.32 Å². The highest BCUT2D eigenvalue weighted by Gasteiger charge is 2.33. The number of rotatable bonds is 8. The molecular weight excluding hydrogens is 384 g/mol. The number of nitrogens with one attached hydrogen (secondary N) is 1. The lowest BCUT2D eigenvalue weighted by atomic mass is 9.89. The number of nitrogens with zero attached hydrogens (tertiary/aromatic N) is 1. The number of fused-ring (bicyclic) bond motifs is 2. The molecule has 158 valence electrons. The molecule has 1 aliphatic rings. The summed E-state index contributed by atoms with van der Waals surface area (Å²) in [7, 11) is 1.90. The fourth-order valence-electron chi connectivity index (χ4n) is 4.19. The smallest absolute Gasteiger partial charge is 0.212 e. The quantitative estimate of drug-likeness (QED) is 0.529. The number of Topliss-reactive ketones (excluding diaryl/α,β-unsaturated/α-hetero) is 2. The first-order chi connectivity index (χ1) is 15.1. The van der Waals surface area contributed by atoms with Crippen LogP contribution in [0.1, 0.15) is 46.0 Å². The minimum absolute atomic E-state index is 0.0883. The van der Waals surface area contributed by atoms with Gasteiger partial charge in [-0.2, -0.15) is 0 Å². The number of likely N-dealkylation sites (N-methyl/N-ethyl adjacent to an activating group) is 1. The number of carbonyl (C=O) groups is 2. The molecule has 4 heteroatoms. The van der Waals surface area contributed by atoms with Gasteiger partial charge in [-0.1, -0.05) is 80.1 Å². The van der Waals surface area contributed by atoms with Crippen LogP contribution in [-0.2, 0) is 6.42 Å². The molecule has 3 aromatic rings. The second kappa shape index (κ2) is 9.17. The zero-order chi connectivity index (χ0) is 21.8. The SMILES string of the molecule is CCCCNC1=C(N(C)CCc2cccc3ccccc23)C(=O)c2ccccc2C1=O. The van der Waals surface area contributed by atoms with Crippen LogP contribution in [0.2, 0.25) is 0 Å².